The molecule has 0 fully saturated rings. The number of rotatable bonds is 5. The Labute approximate surface area is 213 Å². The number of methoxy groups -OCH3 is 4. The second kappa shape index (κ2) is 7.60. The highest BCUT2D eigenvalue weighted by molar-refractivity contribution is 7.87. The second-order valence-corrected chi connectivity index (χ2v) is 11.4. The van der Waals surface area contributed by atoms with Crippen molar-refractivity contribution in [3.63, 3.8) is 0 Å². The first kappa shape index (κ1) is 21.9. The van der Waals surface area contributed by atoms with E-state index in [0.29, 0.717) is 67.5 Å². The summed E-state index contributed by atoms with van der Waals surface area (Å²) < 4.78 is 50.5. The lowest BCUT2D eigenvalue weighted by Crippen LogP contribution is -2.42. The van der Waals surface area contributed by atoms with Crippen LogP contribution in [0.1, 0.15) is 0 Å². The van der Waals surface area contributed by atoms with Gasteiger partial charge in [-0.15, -0.1) is 0 Å². The van der Waals surface area contributed by atoms with Gasteiger partial charge in [0.1, 0.15) is 51.3 Å². The van der Waals surface area contributed by atoms with E-state index >= 15 is 4.57 Å². The van der Waals surface area contributed by atoms with Gasteiger partial charge < -0.3 is 37.9 Å². The molecule has 186 valence electrons. The minimum Gasteiger partial charge on any atom is -0.497 e. The summed E-state index contributed by atoms with van der Waals surface area (Å²) in [5, 5.41) is 1.73. The van der Waals surface area contributed by atoms with Crippen molar-refractivity contribution in [1.29, 1.82) is 0 Å². The molecule has 3 aliphatic heterocycles. The van der Waals surface area contributed by atoms with Gasteiger partial charge in [-0.3, -0.25) is 0 Å². The molecule has 0 amide bonds. The van der Waals surface area contributed by atoms with E-state index in [1.165, 1.54) is 0 Å². The minimum absolute atomic E-state index is 0.440. The van der Waals surface area contributed by atoms with E-state index in [0.717, 1.165) is 11.4 Å². The van der Waals surface area contributed by atoms with Crippen LogP contribution in [-0.2, 0) is 4.57 Å². The molecule has 4 aromatic carbocycles. The molecule has 0 saturated carbocycles. The maximum Gasteiger partial charge on any atom is 0.189 e. The lowest BCUT2D eigenvalue weighted by molar-refractivity contribution is 0.397. The normalized spacial score (nSPS) is 14.6. The zero-order chi connectivity index (χ0) is 25.5. The summed E-state index contributed by atoms with van der Waals surface area (Å²) in [7, 11) is 2.96. The summed E-state index contributed by atoms with van der Waals surface area (Å²) in [5.74, 6) is 4.23. The number of hydrogen-bond acceptors (Lipinski definition) is 8. The molecule has 0 unspecified atom stereocenters. The number of benzene rings is 4. The van der Waals surface area contributed by atoms with Gasteiger partial charge in [0.15, 0.2) is 7.14 Å². The van der Waals surface area contributed by atoms with Gasteiger partial charge in [-0.05, 0) is 24.3 Å². The van der Waals surface area contributed by atoms with Crippen molar-refractivity contribution >= 4 is 40.1 Å². The summed E-state index contributed by atoms with van der Waals surface area (Å²) in [4.78, 5) is 2.03. The Balaban J connectivity index is 1.62. The Kier molecular flexibility index (Phi) is 4.51. The molecule has 4 aromatic rings. The fraction of sp³-hybridized carbons (Fsp3) is 0.143. The molecular formula is C28H22NO7P. The molecule has 0 atom stereocenters. The Bertz CT molecular complexity index is 1570. The van der Waals surface area contributed by atoms with Gasteiger partial charge in [-0.1, -0.05) is 0 Å². The van der Waals surface area contributed by atoms with Crippen molar-refractivity contribution in [1.82, 2.24) is 0 Å². The average Bonchev–Trinajstić information content (AvgIpc) is 2.92. The van der Waals surface area contributed by atoms with Gasteiger partial charge >= 0.3 is 0 Å². The van der Waals surface area contributed by atoms with Crippen molar-refractivity contribution < 1.29 is 33.0 Å². The van der Waals surface area contributed by atoms with Crippen LogP contribution in [0.2, 0.25) is 0 Å². The smallest absolute Gasteiger partial charge is 0.189 e. The topological polar surface area (TPSA) is 75.7 Å². The maximum absolute atomic E-state index is 15.6. The Morgan fingerprint density at radius 2 is 0.973 bits per heavy atom. The zero-order valence-electron chi connectivity index (χ0n) is 20.5. The van der Waals surface area contributed by atoms with Crippen molar-refractivity contribution in [2.24, 2.45) is 0 Å². The number of hydrogen-bond donors (Lipinski definition) is 0. The molecule has 0 N–H and O–H groups in total. The highest BCUT2D eigenvalue weighted by atomic mass is 31.2. The molecule has 3 heterocycles. The molecule has 0 saturated heterocycles. The predicted octanol–water partition coefficient (Wildman–Crippen LogP) is 5.36. The third-order valence-corrected chi connectivity index (χ3v) is 10.2. The molecule has 8 nitrogen and oxygen atoms in total. The maximum atomic E-state index is 15.6. The van der Waals surface area contributed by atoms with Crippen LogP contribution in [0.15, 0.2) is 60.7 Å². The molecule has 0 aliphatic carbocycles. The number of ether oxygens (including phenoxy) is 6. The van der Waals surface area contributed by atoms with E-state index in [-0.39, 0.29) is 0 Å². The number of nitrogens with zero attached hydrogens (tertiary/aromatic N) is 1. The first-order valence-corrected chi connectivity index (χ1v) is 13.3. The van der Waals surface area contributed by atoms with Gasteiger partial charge in [0.2, 0.25) is 0 Å². The third kappa shape index (κ3) is 2.82. The van der Waals surface area contributed by atoms with Crippen LogP contribution in [0.5, 0.6) is 46.0 Å². The van der Waals surface area contributed by atoms with Crippen LogP contribution in [0, 0.1) is 0 Å². The first-order valence-electron chi connectivity index (χ1n) is 11.6. The quantitative estimate of drug-likeness (QED) is 0.284. The van der Waals surface area contributed by atoms with E-state index in [9.17, 15) is 0 Å². The van der Waals surface area contributed by atoms with E-state index in [1.54, 1.807) is 52.7 Å². The van der Waals surface area contributed by atoms with E-state index in [1.807, 2.05) is 41.3 Å². The first-order chi connectivity index (χ1) is 18.0. The van der Waals surface area contributed by atoms with Gasteiger partial charge in [-0.2, -0.15) is 0 Å². The second-order valence-electron chi connectivity index (χ2n) is 8.81. The van der Waals surface area contributed by atoms with Gasteiger partial charge in [0.05, 0.1) is 50.4 Å². The Morgan fingerprint density at radius 3 is 1.41 bits per heavy atom. The largest absolute Gasteiger partial charge is 0.497 e. The van der Waals surface area contributed by atoms with Crippen molar-refractivity contribution in [3.8, 4) is 46.0 Å². The van der Waals surface area contributed by atoms with Crippen molar-refractivity contribution in [2.75, 3.05) is 33.3 Å². The molecule has 0 bridgehead atoms. The van der Waals surface area contributed by atoms with Crippen LogP contribution in [0.3, 0.4) is 0 Å². The summed E-state index contributed by atoms with van der Waals surface area (Å²) in [6, 6.07) is 18.5. The zero-order valence-corrected chi connectivity index (χ0v) is 21.4. The highest BCUT2D eigenvalue weighted by Gasteiger charge is 2.53. The van der Waals surface area contributed by atoms with E-state index < -0.39 is 7.14 Å². The van der Waals surface area contributed by atoms with Gasteiger partial charge in [-0.25, -0.2) is 0 Å². The summed E-state index contributed by atoms with van der Waals surface area (Å²) in [6.45, 7) is 0. The van der Waals surface area contributed by atoms with Crippen molar-refractivity contribution in [3.05, 3.63) is 60.7 Å². The molecule has 7 rings (SSSR count). The predicted molar refractivity (Wildman–Crippen MR) is 140 cm³/mol. The van der Waals surface area contributed by atoms with Crippen LogP contribution in [-0.4, -0.2) is 28.4 Å². The summed E-state index contributed by atoms with van der Waals surface area (Å²) in [5.41, 5.74) is 2.23. The SMILES string of the molecule is COc1ccc(N2c3cc(OC)cc4c3P3(=O)c5c(cc(OC)cc5Oc5cc(OC)cc2c53)O4)cc1. The molecule has 9 heteroatoms. The van der Waals surface area contributed by atoms with Gasteiger partial charge in [0.25, 0.3) is 0 Å². The van der Waals surface area contributed by atoms with Crippen LogP contribution in [0.25, 0.3) is 0 Å². The lowest BCUT2D eigenvalue weighted by atomic mass is 10.1. The molecule has 0 radical (unpaired) electrons. The third-order valence-electron chi connectivity index (χ3n) is 6.97. The van der Waals surface area contributed by atoms with Crippen LogP contribution in [0.4, 0.5) is 17.1 Å². The summed E-state index contributed by atoms with van der Waals surface area (Å²) in [6.07, 6.45) is 0. The molecule has 37 heavy (non-hydrogen) atoms. The van der Waals surface area contributed by atoms with Gasteiger partial charge in [0, 0.05) is 42.1 Å². The number of anilines is 3. The monoisotopic (exact) mass is 515 g/mol. The molecular weight excluding hydrogens is 493 g/mol. The fourth-order valence-electron chi connectivity index (χ4n) is 5.36. The Hall–Kier alpha value is -4.29. The minimum atomic E-state index is -3.43. The molecule has 0 spiro atoms. The lowest BCUT2D eigenvalue weighted by Gasteiger charge is -2.43. The Morgan fingerprint density at radius 1 is 0.568 bits per heavy atom. The fourth-order valence-corrected chi connectivity index (χ4v) is 8.68. The highest BCUT2D eigenvalue weighted by Crippen LogP contribution is 2.66. The summed E-state index contributed by atoms with van der Waals surface area (Å²) >= 11 is 0. The molecule has 3 aliphatic rings. The van der Waals surface area contributed by atoms with Crippen LogP contribution < -0.4 is 49.2 Å². The van der Waals surface area contributed by atoms with E-state index in [2.05, 4.69) is 0 Å². The van der Waals surface area contributed by atoms with Crippen molar-refractivity contribution in [2.45, 2.75) is 0 Å². The standard InChI is InChI=1S/C28H22NO7P/c1-31-16-7-5-15(6-8-16)29-20-9-17(32-2)11-22-26(20)37(30)27-21(29)10-18(33-3)12-23(27)36-25-14-19(34-4)13-24(35-22)28(25)37/h5-14H,1-4H3. The molecule has 0 aromatic heterocycles. The van der Waals surface area contributed by atoms with E-state index in [4.69, 9.17) is 28.4 Å². The average molecular weight is 515 g/mol. The van der Waals surface area contributed by atoms with Crippen LogP contribution >= 0.6 is 7.14 Å².